The first-order valence-electron chi connectivity index (χ1n) is 4.91. The minimum atomic E-state index is 0.413. The summed E-state index contributed by atoms with van der Waals surface area (Å²) in [5.41, 5.74) is 0. The van der Waals surface area contributed by atoms with E-state index in [1.807, 2.05) is 6.92 Å². The zero-order chi connectivity index (χ0) is 9.97. The molecule has 1 fully saturated rings. The Labute approximate surface area is 88.2 Å². The van der Waals surface area contributed by atoms with Crippen molar-refractivity contribution < 1.29 is 4.74 Å². The summed E-state index contributed by atoms with van der Waals surface area (Å²) in [4.78, 5) is 0. The highest BCUT2D eigenvalue weighted by Crippen LogP contribution is 2.34. The molecule has 78 valence electrons. The van der Waals surface area contributed by atoms with Crippen LogP contribution in [0.1, 0.15) is 31.6 Å². The summed E-state index contributed by atoms with van der Waals surface area (Å²) in [6.07, 6.45) is 4.27. The van der Waals surface area contributed by atoms with E-state index >= 15 is 0 Å². The molecule has 0 atom stereocenters. The normalized spacial score (nSPS) is 26.1. The maximum atomic E-state index is 5.74. The summed E-state index contributed by atoms with van der Waals surface area (Å²) >= 11 is 5.74. The van der Waals surface area contributed by atoms with Gasteiger partial charge in [-0.3, -0.25) is 0 Å². The minimum Gasteiger partial charge on any atom is -0.378 e. The molecule has 1 aliphatic rings. The lowest BCUT2D eigenvalue weighted by Crippen LogP contribution is -2.33. The molecular formula is C9H14ClN3O. The van der Waals surface area contributed by atoms with E-state index in [4.69, 9.17) is 16.3 Å². The summed E-state index contributed by atoms with van der Waals surface area (Å²) in [5, 5.41) is 7.80. The van der Waals surface area contributed by atoms with Crippen molar-refractivity contribution in [1.29, 1.82) is 0 Å². The van der Waals surface area contributed by atoms with Crippen LogP contribution in [0.15, 0.2) is 6.33 Å². The second kappa shape index (κ2) is 4.28. The van der Waals surface area contributed by atoms with Crippen molar-refractivity contribution in [3.8, 4) is 0 Å². The number of hydrogen-bond acceptors (Lipinski definition) is 3. The van der Waals surface area contributed by atoms with Gasteiger partial charge in [0.25, 0.3) is 0 Å². The van der Waals surface area contributed by atoms with E-state index in [9.17, 15) is 0 Å². The van der Waals surface area contributed by atoms with Crippen molar-refractivity contribution in [2.75, 3.05) is 6.61 Å². The van der Waals surface area contributed by atoms with Gasteiger partial charge in [0.15, 0.2) is 0 Å². The predicted molar refractivity (Wildman–Crippen MR) is 53.3 cm³/mol. The molecule has 0 amide bonds. The fourth-order valence-corrected chi connectivity index (χ4v) is 2.00. The van der Waals surface area contributed by atoms with Gasteiger partial charge in [0.05, 0.1) is 12.0 Å². The first-order chi connectivity index (χ1) is 6.85. The van der Waals surface area contributed by atoms with Crippen LogP contribution in [0.2, 0.25) is 0 Å². The van der Waals surface area contributed by atoms with E-state index < -0.39 is 0 Å². The molecule has 1 saturated carbocycles. The number of ether oxygens (including phenoxy) is 1. The fourth-order valence-electron chi connectivity index (χ4n) is 1.80. The molecule has 4 nitrogen and oxygen atoms in total. The maximum absolute atomic E-state index is 5.74. The molecule has 14 heavy (non-hydrogen) atoms. The summed E-state index contributed by atoms with van der Waals surface area (Å²) in [5.74, 6) is 1.28. The Morgan fingerprint density at radius 1 is 1.64 bits per heavy atom. The van der Waals surface area contributed by atoms with Crippen molar-refractivity contribution in [2.24, 2.45) is 0 Å². The molecule has 1 heterocycles. The van der Waals surface area contributed by atoms with Gasteiger partial charge in [-0.25, -0.2) is 0 Å². The fraction of sp³-hybridized carbons (Fsp3) is 0.778. The van der Waals surface area contributed by atoms with Crippen LogP contribution in [-0.4, -0.2) is 27.5 Å². The number of hydrogen-bond donors (Lipinski definition) is 0. The number of nitrogens with zero attached hydrogens (tertiary/aromatic N) is 3. The Morgan fingerprint density at radius 2 is 2.43 bits per heavy atom. The highest BCUT2D eigenvalue weighted by molar-refractivity contribution is 6.16. The molecule has 1 aromatic rings. The first-order valence-corrected chi connectivity index (χ1v) is 5.44. The number of aromatic nitrogens is 3. The first kappa shape index (κ1) is 9.93. The average molecular weight is 216 g/mol. The minimum absolute atomic E-state index is 0.413. The van der Waals surface area contributed by atoms with Gasteiger partial charge in [-0.2, -0.15) is 0 Å². The SMILES string of the molecule is CCOC1CC(n2cnnc2CCl)C1. The van der Waals surface area contributed by atoms with Gasteiger partial charge >= 0.3 is 0 Å². The smallest absolute Gasteiger partial charge is 0.148 e. The van der Waals surface area contributed by atoms with E-state index in [1.165, 1.54) is 0 Å². The number of rotatable bonds is 4. The molecule has 1 aromatic heterocycles. The van der Waals surface area contributed by atoms with Crippen molar-refractivity contribution >= 4 is 11.6 Å². The molecule has 0 unspecified atom stereocenters. The van der Waals surface area contributed by atoms with E-state index in [2.05, 4.69) is 14.8 Å². The molecule has 0 bridgehead atoms. The van der Waals surface area contributed by atoms with E-state index in [0.29, 0.717) is 18.0 Å². The third-order valence-corrected chi connectivity index (χ3v) is 2.87. The topological polar surface area (TPSA) is 39.9 Å². The predicted octanol–water partition coefficient (Wildman–Crippen LogP) is 1.76. The third kappa shape index (κ3) is 1.77. The Balaban J connectivity index is 1.92. The molecule has 0 radical (unpaired) electrons. The zero-order valence-corrected chi connectivity index (χ0v) is 8.94. The van der Waals surface area contributed by atoms with Crippen molar-refractivity contribution in [2.45, 2.75) is 37.8 Å². The van der Waals surface area contributed by atoms with E-state index in [1.54, 1.807) is 6.33 Å². The largest absolute Gasteiger partial charge is 0.378 e. The molecule has 0 saturated heterocycles. The van der Waals surface area contributed by atoms with Gasteiger partial charge in [0.1, 0.15) is 12.2 Å². The maximum Gasteiger partial charge on any atom is 0.148 e. The van der Waals surface area contributed by atoms with E-state index in [-0.39, 0.29) is 0 Å². The van der Waals surface area contributed by atoms with Crippen molar-refractivity contribution in [1.82, 2.24) is 14.8 Å². The number of alkyl halides is 1. The summed E-state index contributed by atoms with van der Waals surface area (Å²) in [6.45, 7) is 2.82. The summed E-state index contributed by atoms with van der Waals surface area (Å²) in [7, 11) is 0. The molecular weight excluding hydrogens is 202 g/mol. The summed E-state index contributed by atoms with van der Waals surface area (Å²) in [6, 6.07) is 0.482. The Morgan fingerprint density at radius 3 is 3.07 bits per heavy atom. The molecule has 2 rings (SSSR count). The second-order valence-electron chi connectivity index (χ2n) is 3.49. The Kier molecular flexibility index (Phi) is 3.03. The third-order valence-electron chi connectivity index (χ3n) is 2.63. The second-order valence-corrected chi connectivity index (χ2v) is 3.76. The molecule has 0 spiro atoms. The highest BCUT2D eigenvalue weighted by Gasteiger charge is 2.32. The van der Waals surface area contributed by atoms with Crippen LogP contribution in [0, 0.1) is 0 Å². The van der Waals surface area contributed by atoms with Crippen LogP contribution in [0.4, 0.5) is 0 Å². The van der Waals surface area contributed by atoms with Gasteiger partial charge in [-0.15, -0.1) is 21.8 Å². The van der Waals surface area contributed by atoms with Crippen LogP contribution in [0.3, 0.4) is 0 Å². The van der Waals surface area contributed by atoms with Gasteiger partial charge < -0.3 is 9.30 Å². The lowest BCUT2D eigenvalue weighted by molar-refractivity contribution is -0.0202. The Bertz CT molecular complexity index is 296. The van der Waals surface area contributed by atoms with Crippen molar-refractivity contribution in [3.63, 3.8) is 0 Å². The lowest BCUT2D eigenvalue weighted by Gasteiger charge is -2.35. The number of halogens is 1. The van der Waals surface area contributed by atoms with Gasteiger partial charge in [-0.1, -0.05) is 0 Å². The Hall–Kier alpha value is -0.610. The van der Waals surface area contributed by atoms with Gasteiger partial charge in [0, 0.05) is 12.6 Å². The average Bonchev–Trinajstić information content (AvgIpc) is 2.58. The van der Waals surface area contributed by atoms with Crippen LogP contribution in [-0.2, 0) is 10.6 Å². The van der Waals surface area contributed by atoms with E-state index in [0.717, 1.165) is 25.3 Å². The van der Waals surface area contributed by atoms with Crippen molar-refractivity contribution in [3.05, 3.63) is 12.2 Å². The van der Waals surface area contributed by atoms with Gasteiger partial charge in [-0.05, 0) is 19.8 Å². The zero-order valence-electron chi connectivity index (χ0n) is 8.19. The molecule has 1 aliphatic carbocycles. The van der Waals surface area contributed by atoms with Crippen LogP contribution in [0.5, 0.6) is 0 Å². The highest BCUT2D eigenvalue weighted by atomic mass is 35.5. The van der Waals surface area contributed by atoms with Crippen LogP contribution < -0.4 is 0 Å². The standard InChI is InChI=1S/C9H14ClN3O/c1-2-14-8-3-7(4-8)13-6-11-12-9(13)5-10/h6-8H,2-5H2,1H3. The van der Waals surface area contributed by atoms with Crippen LogP contribution >= 0.6 is 11.6 Å². The quantitative estimate of drug-likeness (QED) is 0.719. The monoisotopic (exact) mass is 215 g/mol. The van der Waals surface area contributed by atoms with Gasteiger partial charge in [0.2, 0.25) is 0 Å². The summed E-state index contributed by atoms with van der Waals surface area (Å²) < 4.78 is 7.55. The van der Waals surface area contributed by atoms with Crippen LogP contribution in [0.25, 0.3) is 0 Å². The molecule has 0 aromatic carbocycles. The lowest BCUT2D eigenvalue weighted by atomic mass is 9.89. The molecule has 0 aliphatic heterocycles. The molecule has 5 heteroatoms. The molecule has 0 N–H and O–H groups in total.